The van der Waals surface area contributed by atoms with Crippen LogP contribution in [0.15, 0.2) is 52.0 Å². The molecule has 0 fully saturated rings. The molecule has 0 saturated heterocycles. The van der Waals surface area contributed by atoms with E-state index in [1.165, 1.54) is 6.21 Å². The molecule has 140 valence electrons. The lowest BCUT2D eigenvalue weighted by Crippen LogP contribution is -2.00. The maximum absolute atomic E-state index is 5.88. The van der Waals surface area contributed by atoms with E-state index in [0.717, 1.165) is 5.56 Å². The Hall–Kier alpha value is -3.48. The van der Waals surface area contributed by atoms with Crippen LogP contribution in [0.4, 0.5) is 0 Å². The van der Waals surface area contributed by atoms with Crippen LogP contribution in [0.3, 0.4) is 0 Å². The second kappa shape index (κ2) is 8.27. The Balaban J connectivity index is 1.86. The van der Waals surface area contributed by atoms with Gasteiger partial charge in [-0.3, -0.25) is 0 Å². The van der Waals surface area contributed by atoms with E-state index in [2.05, 4.69) is 10.1 Å². The standard InChI is InChI=1S/C20H21N3O4/c1-13-17(12-26-18-7-5-4-6-14(18)11-22-21)23-20(27-13)16-10-15(24-2)8-9-19(16)25-3/h4-11H,12,21H2,1-3H3. The third-order valence-electron chi connectivity index (χ3n) is 4.03. The lowest BCUT2D eigenvalue weighted by molar-refractivity contribution is 0.299. The second-order valence-corrected chi connectivity index (χ2v) is 5.69. The average Bonchev–Trinajstić information content (AvgIpc) is 3.07. The third-order valence-corrected chi connectivity index (χ3v) is 4.03. The van der Waals surface area contributed by atoms with Crippen molar-refractivity contribution in [3.8, 4) is 28.7 Å². The number of aryl methyl sites for hydroxylation is 1. The predicted molar refractivity (Wildman–Crippen MR) is 102 cm³/mol. The number of nitrogens with two attached hydrogens (primary N) is 1. The Morgan fingerprint density at radius 2 is 1.93 bits per heavy atom. The molecule has 0 spiro atoms. The molecule has 1 aromatic heterocycles. The number of hydrogen-bond donors (Lipinski definition) is 1. The summed E-state index contributed by atoms with van der Waals surface area (Å²) >= 11 is 0. The third kappa shape index (κ3) is 4.03. The van der Waals surface area contributed by atoms with Crippen LogP contribution >= 0.6 is 0 Å². The quantitative estimate of drug-likeness (QED) is 0.390. The van der Waals surface area contributed by atoms with Gasteiger partial charge in [0.25, 0.3) is 0 Å². The molecule has 0 aliphatic carbocycles. The monoisotopic (exact) mass is 367 g/mol. The number of rotatable bonds is 7. The van der Waals surface area contributed by atoms with Crippen molar-refractivity contribution in [3.63, 3.8) is 0 Å². The minimum absolute atomic E-state index is 0.247. The Kier molecular flexibility index (Phi) is 5.61. The summed E-state index contributed by atoms with van der Waals surface area (Å²) < 4.78 is 22.4. The summed E-state index contributed by atoms with van der Waals surface area (Å²) in [6.07, 6.45) is 1.54. The van der Waals surface area contributed by atoms with E-state index >= 15 is 0 Å². The summed E-state index contributed by atoms with van der Waals surface area (Å²) in [4.78, 5) is 4.57. The zero-order valence-electron chi connectivity index (χ0n) is 15.4. The molecule has 7 nitrogen and oxygen atoms in total. The molecule has 0 saturated carbocycles. The fourth-order valence-electron chi connectivity index (χ4n) is 2.60. The van der Waals surface area contributed by atoms with E-state index < -0.39 is 0 Å². The van der Waals surface area contributed by atoms with Gasteiger partial charge in [0, 0.05) is 5.56 Å². The average molecular weight is 367 g/mol. The molecule has 0 aliphatic heterocycles. The van der Waals surface area contributed by atoms with Gasteiger partial charge in [-0.05, 0) is 37.3 Å². The SMILES string of the molecule is COc1ccc(OC)c(-c2nc(COc3ccccc3C=NN)c(C)o2)c1. The number of para-hydroxylation sites is 1. The molecule has 3 rings (SSSR count). The Bertz CT molecular complexity index is 950. The summed E-state index contributed by atoms with van der Waals surface area (Å²) in [6, 6.07) is 12.9. The highest BCUT2D eigenvalue weighted by Gasteiger charge is 2.17. The van der Waals surface area contributed by atoms with Crippen LogP contribution in [0.5, 0.6) is 17.2 Å². The summed E-state index contributed by atoms with van der Waals surface area (Å²) in [6.45, 7) is 2.09. The van der Waals surface area contributed by atoms with Gasteiger partial charge in [0.2, 0.25) is 5.89 Å². The minimum Gasteiger partial charge on any atom is -0.497 e. The largest absolute Gasteiger partial charge is 0.497 e. The molecule has 0 unspecified atom stereocenters. The van der Waals surface area contributed by atoms with Crippen molar-refractivity contribution in [2.75, 3.05) is 14.2 Å². The van der Waals surface area contributed by atoms with Crippen molar-refractivity contribution in [2.45, 2.75) is 13.5 Å². The lowest BCUT2D eigenvalue weighted by atomic mass is 10.2. The van der Waals surface area contributed by atoms with Crippen LogP contribution < -0.4 is 20.1 Å². The van der Waals surface area contributed by atoms with Crippen LogP contribution in [0, 0.1) is 6.92 Å². The van der Waals surface area contributed by atoms with Gasteiger partial charge in [0.05, 0.1) is 26.0 Å². The molecule has 0 aliphatic rings. The van der Waals surface area contributed by atoms with Gasteiger partial charge < -0.3 is 24.5 Å². The van der Waals surface area contributed by atoms with Gasteiger partial charge in [-0.25, -0.2) is 4.98 Å². The Labute approximate surface area is 157 Å². The zero-order valence-corrected chi connectivity index (χ0v) is 15.4. The summed E-state index contributed by atoms with van der Waals surface area (Å²) in [5.74, 6) is 8.35. The van der Waals surface area contributed by atoms with Crippen molar-refractivity contribution in [1.29, 1.82) is 0 Å². The van der Waals surface area contributed by atoms with E-state index in [9.17, 15) is 0 Å². The van der Waals surface area contributed by atoms with Crippen LogP contribution in [0.1, 0.15) is 17.0 Å². The van der Waals surface area contributed by atoms with Crippen molar-refractivity contribution < 1.29 is 18.6 Å². The van der Waals surface area contributed by atoms with Crippen molar-refractivity contribution in [2.24, 2.45) is 10.9 Å². The first-order valence-electron chi connectivity index (χ1n) is 8.30. The molecule has 0 amide bonds. The normalized spacial score (nSPS) is 10.9. The molecule has 27 heavy (non-hydrogen) atoms. The maximum Gasteiger partial charge on any atom is 0.230 e. The smallest absolute Gasteiger partial charge is 0.230 e. The second-order valence-electron chi connectivity index (χ2n) is 5.69. The van der Waals surface area contributed by atoms with E-state index in [-0.39, 0.29) is 6.61 Å². The highest BCUT2D eigenvalue weighted by atomic mass is 16.5. The number of hydrogen-bond acceptors (Lipinski definition) is 7. The van der Waals surface area contributed by atoms with Gasteiger partial charge in [-0.2, -0.15) is 5.10 Å². The Morgan fingerprint density at radius 3 is 2.67 bits per heavy atom. The fraction of sp³-hybridized carbons (Fsp3) is 0.200. The van der Waals surface area contributed by atoms with Gasteiger partial charge in [0.15, 0.2) is 0 Å². The number of hydrazone groups is 1. The first-order valence-corrected chi connectivity index (χ1v) is 8.30. The number of oxazole rings is 1. The minimum atomic E-state index is 0.247. The molecular formula is C20H21N3O4. The highest BCUT2D eigenvalue weighted by Crippen LogP contribution is 2.34. The van der Waals surface area contributed by atoms with Crippen molar-refractivity contribution >= 4 is 6.21 Å². The number of benzene rings is 2. The number of methoxy groups -OCH3 is 2. The van der Waals surface area contributed by atoms with E-state index in [0.29, 0.717) is 40.2 Å². The molecule has 2 N–H and O–H groups in total. The van der Waals surface area contributed by atoms with Crippen LogP contribution in [-0.2, 0) is 6.61 Å². The fourth-order valence-corrected chi connectivity index (χ4v) is 2.60. The van der Waals surface area contributed by atoms with Crippen molar-refractivity contribution in [3.05, 3.63) is 59.5 Å². The first kappa shape index (κ1) is 18.3. The highest BCUT2D eigenvalue weighted by molar-refractivity contribution is 5.83. The molecule has 0 radical (unpaired) electrons. The van der Waals surface area contributed by atoms with Crippen molar-refractivity contribution in [1.82, 2.24) is 4.98 Å². The molecule has 2 aromatic carbocycles. The molecule has 7 heteroatoms. The van der Waals surface area contributed by atoms with Crippen LogP contribution in [-0.4, -0.2) is 25.4 Å². The van der Waals surface area contributed by atoms with Gasteiger partial charge in [-0.15, -0.1) is 0 Å². The van der Waals surface area contributed by atoms with Crippen LogP contribution in [0.25, 0.3) is 11.5 Å². The molecular weight excluding hydrogens is 346 g/mol. The van der Waals surface area contributed by atoms with E-state index in [1.54, 1.807) is 14.2 Å². The van der Waals surface area contributed by atoms with E-state index in [1.807, 2.05) is 49.4 Å². The van der Waals surface area contributed by atoms with Gasteiger partial charge in [-0.1, -0.05) is 12.1 Å². The Morgan fingerprint density at radius 1 is 1.11 bits per heavy atom. The number of aromatic nitrogens is 1. The zero-order chi connectivity index (χ0) is 19.2. The predicted octanol–water partition coefficient (Wildman–Crippen LogP) is 3.54. The maximum atomic E-state index is 5.88. The molecule has 3 aromatic rings. The topological polar surface area (TPSA) is 92.1 Å². The molecule has 0 bridgehead atoms. The van der Waals surface area contributed by atoms with Gasteiger partial charge in [0.1, 0.15) is 35.3 Å². The van der Waals surface area contributed by atoms with Gasteiger partial charge >= 0.3 is 0 Å². The van der Waals surface area contributed by atoms with Crippen LogP contribution in [0.2, 0.25) is 0 Å². The summed E-state index contributed by atoms with van der Waals surface area (Å²) in [7, 11) is 3.20. The lowest BCUT2D eigenvalue weighted by Gasteiger charge is -2.08. The van der Waals surface area contributed by atoms with E-state index in [4.69, 9.17) is 24.5 Å². The number of nitrogens with zero attached hydrogens (tertiary/aromatic N) is 2. The number of ether oxygens (including phenoxy) is 3. The summed E-state index contributed by atoms with van der Waals surface area (Å²) in [5.41, 5.74) is 2.19. The molecule has 1 heterocycles. The first-order chi connectivity index (χ1) is 13.2. The molecule has 0 atom stereocenters. The summed E-state index contributed by atoms with van der Waals surface area (Å²) in [5, 5.41) is 3.55.